The van der Waals surface area contributed by atoms with Gasteiger partial charge in [0.2, 0.25) is 11.8 Å². The van der Waals surface area contributed by atoms with Crippen LogP contribution in [0.4, 0.5) is 18.0 Å². The van der Waals surface area contributed by atoms with Crippen molar-refractivity contribution in [3.05, 3.63) is 53.9 Å². The van der Waals surface area contributed by atoms with Gasteiger partial charge >= 0.3 is 12.3 Å². The lowest BCUT2D eigenvalue weighted by molar-refractivity contribution is -0.141. The summed E-state index contributed by atoms with van der Waals surface area (Å²) in [5, 5.41) is 18.6. The number of carbonyl (C=O) groups is 2. The summed E-state index contributed by atoms with van der Waals surface area (Å²) in [7, 11) is 0. The van der Waals surface area contributed by atoms with E-state index in [0.717, 1.165) is 6.07 Å². The first-order valence-electron chi connectivity index (χ1n) is 10.2. The van der Waals surface area contributed by atoms with Gasteiger partial charge in [0.1, 0.15) is 18.0 Å². The van der Waals surface area contributed by atoms with E-state index in [2.05, 4.69) is 4.98 Å². The first-order valence-corrected chi connectivity index (χ1v) is 10.2. The number of pyridine rings is 1. The van der Waals surface area contributed by atoms with E-state index in [4.69, 9.17) is 15.1 Å². The number of halogens is 3. The third-order valence-electron chi connectivity index (χ3n) is 5.42. The number of hydrogen-bond acceptors (Lipinski definition) is 5. The highest BCUT2D eigenvalue weighted by Gasteiger charge is 2.33. The van der Waals surface area contributed by atoms with Gasteiger partial charge in [0.25, 0.3) is 0 Å². The molecule has 0 spiro atoms. The average molecular weight is 473 g/mol. The van der Waals surface area contributed by atoms with E-state index in [0.29, 0.717) is 30.1 Å². The lowest BCUT2D eigenvalue weighted by Crippen LogP contribution is -2.50. The Morgan fingerprint density at radius 2 is 1.82 bits per heavy atom. The van der Waals surface area contributed by atoms with Crippen LogP contribution in [-0.2, 0) is 17.5 Å². The number of alkyl halides is 3. The summed E-state index contributed by atoms with van der Waals surface area (Å²) in [5.74, 6) is -0.347. The molecule has 4 rings (SSSR count). The zero-order valence-electron chi connectivity index (χ0n) is 17.6. The minimum absolute atomic E-state index is 0.000411. The SMILES string of the molecule is N#Cc1cc(Oc2cccc3c2ccn3CC(=O)N2CCN(C(=O)O)CC2)nc(C(F)(F)F)c1. The summed E-state index contributed by atoms with van der Waals surface area (Å²) in [6.45, 7) is 1.06. The number of nitriles is 1. The molecule has 1 N–H and O–H groups in total. The number of fused-ring (bicyclic) bond motifs is 1. The fraction of sp³-hybridized carbons (Fsp3) is 0.273. The highest BCUT2D eigenvalue weighted by Crippen LogP contribution is 2.33. The molecule has 0 radical (unpaired) electrons. The predicted molar refractivity (Wildman–Crippen MR) is 112 cm³/mol. The monoisotopic (exact) mass is 473 g/mol. The quantitative estimate of drug-likeness (QED) is 0.621. The second kappa shape index (κ2) is 8.93. The van der Waals surface area contributed by atoms with Gasteiger partial charge in [-0.15, -0.1) is 0 Å². The molecular formula is C22H18F3N5O4. The van der Waals surface area contributed by atoms with Gasteiger partial charge in [-0.05, 0) is 24.3 Å². The highest BCUT2D eigenvalue weighted by molar-refractivity contribution is 5.88. The lowest BCUT2D eigenvalue weighted by Gasteiger charge is -2.33. The number of aromatic nitrogens is 2. The molecule has 3 heterocycles. The topological polar surface area (TPSA) is 112 Å². The van der Waals surface area contributed by atoms with Gasteiger partial charge < -0.3 is 24.2 Å². The van der Waals surface area contributed by atoms with Crippen LogP contribution in [0.25, 0.3) is 10.9 Å². The molecule has 2 aromatic heterocycles. The summed E-state index contributed by atoms with van der Waals surface area (Å²) < 4.78 is 46.6. The van der Waals surface area contributed by atoms with Crippen molar-refractivity contribution < 1.29 is 32.6 Å². The van der Waals surface area contributed by atoms with Gasteiger partial charge in [-0.3, -0.25) is 4.79 Å². The fourth-order valence-electron chi connectivity index (χ4n) is 3.69. The van der Waals surface area contributed by atoms with E-state index in [9.17, 15) is 22.8 Å². The van der Waals surface area contributed by atoms with Crippen LogP contribution in [0, 0.1) is 11.3 Å². The number of ether oxygens (including phenoxy) is 1. The molecule has 0 aliphatic carbocycles. The Morgan fingerprint density at radius 3 is 2.47 bits per heavy atom. The smallest absolute Gasteiger partial charge is 0.433 e. The molecule has 1 aliphatic heterocycles. The van der Waals surface area contributed by atoms with Crippen LogP contribution in [0.15, 0.2) is 42.6 Å². The van der Waals surface area contributed by atoms with Crippen LogP contribution in [0.2, 0.25) is 0 Å². The van der Waals surface area contributed by atoms with Crippen molar-refractivity contribution in [1.29, 1.82) is 5.26 Å². The van der Waals surface area contributed by atoms with Crippen molar-refractivity contribution in [2.24, 2.45) is 0 Å². The molecule has 3 aromatic rings. The van der Waals surface area contributed by atoms with Crippen LogP contribution in [-0.4, -0.2) is 62.6 Å². The Hall–Kier alpha value is -4.27. The number of carboxylic acid groups (broad SMARTS) is 1. The molecular weight excluding hydrogens is 455 g/mol. The molecule has 12 heteroatoms. The van der Waals surface area contributed by atoms with Gasteiger partial charge in [0, 0.05) is 43.8 Å². The van der Waals surface area contributed by atoms with E-state index >= 15 is 0 Å². The summed E-state index contributed by atoms with van der Waals surface area (Å²) in [6.07, 6.45) is -4.10. The summed E-state index contributed by atoms with van der Waals surface area (Å²) in [4.78, 5) is 30.1. The fourth-order valence-corrected chi connectivity index (χ4v) is 3.69. The van der Waals surface area contributed by atoms with E-state index in [1.807, 2.05) is 0 Å². The lowest BCUT2D eigenvalue weighted by atomic mass is 10.2. The highest BCUT2D eigenvalue weighted by atomic mass is 19.4. The molecule has 0 unspecified atom stereocenters. The van der Waals surface area contributed by atoms with Crippen molar-refractivity contribution >= 4 is 22.9 Å². The Morgan fingerprint density at radius 1 is 1.12 bits per heavy atom. The number of carbonyl (C=O) groups excluding carboxylic acids is 1. The molecule has 9 nitrogen and oxygen atoms in total. The molecule has 0 bridgehead atoms. The van der Waals surface area contributed by atoms with E-state index < -0.39 is 18.0 Å². The van der Waals surface area contributed by atoms with E-state index in [1.54, 1.807) is 46.0 Å². The predicted octanol–water partition coefficient (Wildman–Crippen LogP) is 3.54. The third-order valence-corrected chi connectivity index (χ3v) is 5.42. The van der Waals surface area contributed by atoms with Crippen molar-refractivity contribution in [2.45, 2.75) is 12.7 Å². The first-order chi connectivity index (χ1) is 16.2. The normalized spacial score (nSPS) is 14.2. The summed E-state index contributed by atoms with van der Waals surface area (Å²) in [5.41, 5.74) is -0.863. The van der Waals surface area contributed by atoms with Crippen LogP contribution in [0.1, 0.15) is 11.3 Å². The maximum atomic E-state index is 13.1. The largest absolute Gasteiger partial charge is 0.465 e. The Balaban J connectivity index is 1.54. The molecule has 1 aromatic carbocycles. The van der Waals surface area contributed by atoms with Crippen LogP contribution < -0.4 is 4.74 Å². The number of piperazine rings is 1. The molecule has 1 aliphatic rings. The average Bonchev–Trinajstić information content (AvgIpc) is 3.22. The van der Waals surface area contributed by atoms with Gasteiger partial charge in [0.05, 0.1) is 17.1 Å². The van der Waals surface area contributed by atoms with Gasteiger partial charge in [-0.25, -0.2) is 9.78 Å². The van der Waals surface area contributed by atoms with Gasteiger partial charge in [-0.2, -0.15) is 18.4 Å². The van der Waals surface area contributed by atoms with Crippen molar-refractivity contribution in [3.8, 4) is 17.7 Å². The Kier molecular flexibility index (Phi) is 6.02. The molecule has 0 saturated carbocycles. The Labute approximate surface area is 191 Å². The second-order valence-corrected chi connectivity index (χ2v) is 7.57. The molecule has 34 heavy (non-hydrogen) atoms. The maximum Gasteiger partial charge on any atom is 0.433 e. The Bertz CT molecular complexity index is 1290. The van der Waals surface area contributed by atoms with Crippen molar-refractivity contribution in [1.82, 2.24) is 19.4 Å². The van der Waals surface area contributed by atoms with Crippen molar-refractivity contribution in [2.75, 3.05) is 26.2 Å². The number of nitrogens with zero attached hydrogens (tertiary/aromatic N) is 5. The summed E-state index contributed by atoms with van der Waals surface area (Å²) >= 11 is 0. The number of amides is 2. The number of rotatable bonds is 4. The van der Waals surface area contributed by atoms with Crippen LogP contribution in [0.3, 0.4) is 0 Å². The van der Waals surface area contributed by atoms with Gasteiger partial charge in [-0.1, -0.05) is 6.07 Å². The zero-order valence-corrected chi connectivity index (χ0v) is 17.6. The molecule has 176 valence electrons. The second-order valence-electron chi connectivity index (χ2n) is 7.57. The first kappa shape index (κ1) is 22.9. The number of hydrogen-bond donors (Lipinski definition) is 1. The maximum absolute atomic E-state index is 13.1. The molecule has 0 atom stereocenters. The third kappa shape index (κ3) is 4.73. The summed E-state index contributed by atoms with van der Waals surface area (Å²) in [6, 6.07) is 10.0. The van der Waals surface area contributed by atoms with Crippen molar-refractivity contribution in [3.63, 3.8) is 0 Å². The zero-order chi connectivity index (χ0) is 24.5. The number of benzene rings is 1. The van der Waals surface area contributed by atoms with Crippen LogP contribution in [0.5, 0.6) is 11.6 Å². The molecule has 2 amide bonds. The van der Waals surface area contributed by atoms with E-state index in [1.165, 1.54) is 4.90 Å². The molecule has 1 fully saturated rings. The standard InChI is InChI=1S/C22H18F3N5O4/c23-22(24,25)18-10-14(12-26)11-19(27-18)34-17-3-1-2-16-15(17)4-5-30(16)13-20(31)28-6-8-29(9-7-28)21(32)33/h1-5,10-11H,6-9,13H2,(H,32,33). The molecule has 1 saturated heterocycles. The van der Waals surface area contributed by atoms with Gasteiger partial charge in [0.15, 0.2) is 0 Å². The van der Waals surface area contributed by atoms with Crippen LogP contribution >= 0.6 is 0 Å². The minimum atomic E-state index is -4.74. The minimum Gasteiger partial charge on any atom is -0.465 e. The van der Waals surface area contributed by atoms with E-state index in [-0.39, 0.29) is 42.7 Å².